The van der Waals surface area contributed by atoms with Gasteiger partial charge in [-0.25, -0.2) is 0 Å². The Morgan fingerprint density at radius 1 is 1.47 bits per heavy atom. The zero-order valence-corrected chi connectivity index (χ0v) is 9.19. The molecule has 0 radical (unpaired) electrons. The average molecular weight is 207 g/mol. The van der Waals surface area contributed by atoms with E-state index < -0.39 is 0 Å². The van der Waals surface area contributed by atoms with Crippen LogP contribution in [0.25, 0.3) is 0 Å². The van der Waals surface area contributed by atoms with Gasteiger partial charge in [-0.15, -0.1) is 0 Å². The maximum Gasteiger partial charge on any atom is 0.307 e. The van der Waals surface area contributed by atoms with Crippen molar-refractivity contribution in [1.82, 2.24) is 0 Å². The van der Waals surface area contributed by atoms with Crippen LogP contribution in [-0.4, -0.2) is 12.6 Å². The SMILES string of the molecule is CCOC(=O)CC(N)c1ccccc1C. The predicted octanol–water partition coefficient (Wildman–Crippen LogP) is 1.95. The summed E-state index contributed by atoms with van der Waals surface area (Å²) in [6, 6.07) is 7.54. The Balaban J connectivity index is 2.65. The van der Waals surface area contributed by atoms with Crippen molar-refractivity contribution in [3.63, 3.8) is 0 Å². The fourth-order valence-corrected chi connectivity index (χ4v) is 1.51. The summed E-state index contributed by atoms with van der Waals surface area (Å²) in [5.41, 5.74) is 8.04. The van der Waals surface area contributed by atoms with E-state index in [1.54, 1.807) is 6.92 Å². The van der Waals surface area contributed by atoms with E-state index in [0.29, 0.717) is 6.61 Å². The molecule has 0 saturated carbocycles. The number of ether oxygens (including phenoxy) is 1. The summed E-state index contributed by atoms with van der Waals surface area (Å²) >= 11 is 0. The standard InChI is InChI=1S/C12H17NO2/c1-3-15-12(14)8-11(13)10-7-5-4-6-9(10)2/h4-7,11H,3,8,13H2,1-2H3. The van der Waals surface area contributed by atoms with E-state index in [-0.39, 0.29) is 18.4 Å². The number of aryl methyl sites for hydroxylation is 1. The number of nitrogens with two attached hydrogens (primary N) is 1. The quantitative estimate of drug-likeness (QED) is 0.768. The largest absolute Gasteiger partial charge is 0.466 e. The van der Waals surface area contributed by atoms with Gasteiger partial charge < -0.3 is 10.5 Å². The molecule has 0 heterocycles. The number of carbonyl (C=O) groups is 1. The van der Waals surface area contributed by atoms with Crippen LogP contribution in [-0.2, 0) is 9.53 Å². The minimum Gasteiger partial charge on any atom is -0.466 e. The van der Waals surface area contributed by atoms with Gasteiger partial charge in [-0.1, -0.05) is 24.3 Å². The third kappa shape index (κ3) is 3.36. The van der Waals surface area contributed by atoms with Crippen molar-refractivity contribution in [2.75, 3.05) is 6.61 Å². The molecule has 1 atom stereocenters. The zero-order valence-electron chi connectivity index (χ0n) is 9.19. The molecule has 2 N–H and O–H groups in total. The Morgan fingerprint density at radius 2 is 2.13 bits per heavy atom. The highest BCUT2D eigenvalue weighted by molar-refractivity contribution is 5.70. The molecule has 0 amide bonds. The summed E-state index contributed by atoms with van der Waals surface area (Å²) in [7, 11) is 0. The maximum atomic E-state index is 11.2. The lowest BCUT2D eigenvalue weighted by Crippen LogP contribution is -2.18. The minimum absolute atomic E-state index is 0.235. The average Bonchev–Trinajstić information content (AvgIpc) is 2.18. The van der Waals surface area contributed by atoms with E-state index in [4.69, 9.17) is 10.5 Å². The van der Waals surface area contributed by atoms with Gasteiger partial charge in [-0.2, -0.15) is 0 Å². The molecular weight excluding hydrogens is 190 g/mol. The number of carbonyl (C=O) groups excluding carboxylic acids is 1. The Hall–Kier alpha value is -1.35. The first kappa shape index (κ1) is 11.7. The molecule has 0 aliphatic heterocycles. The Morgan fingerprint density at radius 3 is 2.73 bits per heavy atom. The van der Waals surface area contributed by atoms with E-state index in [1.165, 1.54) is 0 Å². The second-order valence-electron chi connectivity index (χ2n) is 3.47. The Kier molecular flexibility index (Phi) is 4.31. The fraction of sp³-hybridized carbons (Fsp3) is 0.417. The number of benzene rings is 1. The number of esters is 1. The van der Waals surface area contributed by atoms with E-state index >= 15 is 0 Å². The van der Waals surface area contributed by atoms with Crippen LogP contribution in [0.1, 0.15) is 30.5 Å². The van der Waals surface area contributed by atoms with Crippen molar-refractivity contribution >= 4 is 5.97 Å². The molecule has 1 rings (SSSR count). The lowest BCUT2D eigenvalue weighted by molar-refractivity contribution is -0.143. The van der Waals surface area contributed by atoms with Crippen molar-refractivity contribution in [3.05, 3.63) is 35.4 Å². The molecule has 0 bridgehead atoms. The van der Waals surface area contributed by atoms with E-state index in [9.17, 15) is 4.79 Å². The van der Waals surface area contributed by atoms with E-state index in [1.807, 2.05) is 31.2 Å². The first-order chi connectivity index (χ1) is 7.15. The Labute approximate surface area is 90.2 Å². The molecule has 82 valence electrons. The van der Waals surface area contributed by atoms with Gasteiger partial charge in [0.25, 0.3) is 0 Å². The van der Waals surface area contributed by atoms with Gasteiger partial charge in [0.2, 0.25) is 0 Å². The highest BCUT2D eigenvalue weighted by Gasteiger charge is 2.13. The topological polar surface area (TPSA) is 52.3 Å². The number of hydrogen-bond donors (Lipinski definition) is 1. The first-order valence-corrected chi connectivity index (χ1v) is 5.12. The molecule has 0 spiro atoms. The van der Waals surface area contributed by atoms with Crippen LogP contribution in [0.4, 0.5) is 0 Å². The predicted molar refractivity (Wildman–Crippen MR) is 59.4 cm³/mol. The van der Waals surface area contributed by atoms with Crippen LogP contribution in [0.2, 0.25) is 0 Å². The second-order valence-corrected chi connectivity index (χ2v) is 3.47. The molecule has 0 fully saturated rings. The fourth-order valence-electron chi connectivity index (χ4n) is 1.51. The monoisotopic (exact) mass is 207 g/mol. The first-order valence-electron chi connectivity index (χ1n) is 5.12. The van der Waals surface area contributed by atoms with Crippen LogP contribution in [0.3, 0.4) is 0 Å². The third-order valence-electron chi connectivity index (χ3n) is 2.28. The molecule has 1 aromatic rings. The smallest absolute Gasteiger partial charge is 0.307 e. The van der Waals surface area contributed by atoms with Gasteiger partial charge >= 0.3 is 5.97 Å². The highest BCUT2D eigenvalue weighted by atomic mass is 16.5. The minimum atomic E-state index is -0.273. The summed E-state index contributed by atoms with van der Waals surface area (Å²) in [4.78, 5) is 11.2. The normalized spacial score (nSPS) is 12.2. The zero-order chi connectivity index (χ0) is 11.3. The Bertz CT molecular complexity index is 336. The van der Waals surface area contributed by atoms with Crippen LogP contribution in [0.15, 0.2) is 24.3 Å². The lowest BCUT2D eigenvalue weighted by atomic mass is 10.00. The van der Waals surface area contributed by atoms with Gasteiger partial charge in [0.1, 0.15) is 0 Å². The molecule has 0 aliphatic carbocycles. The summed E-state index contributed by atoms with van der Waals surface area (Å²) < 4.78 is 4.85. The van der Waals surface area contributed by atoms with Crippen molar-refractivity contribution in [2.45, 2.75) is 26.3 Å². The summed E-state index contributed by atoms with van der Waals surface area (Å²) in [5.74, 6) is -0.242. The molecule has 1 unspecified atom stereocenters. The number of hydrogen-bond acceptors (Lipinski definition) is 3. The van der Waals surface area contributed by atoms with Crippen LogP contribution in [0.5, 0.6) is 0 Å². The second kappa shape index (κ2) is 5.51. The van der Waals surface area contributed by atoms with E-state index in [2.05, 4.69) is 0 Å². The van der Waals surface area contributed by atoms with E-state index in [0.717, 1.165) is 11.1 Å². The van der Waals surface area contributed by atoms with Crippen molar-refractivity contribution in [2.24, 2.45) is 5.73 Å². The van der Waals surface area contributed by atoms with Gasteiger partial charge in [-0.3, -0.25) is 4.79 Å². The molecule has 15 heavy (non-hydrogen) atoms. The molecule has 3 heteroatoms. The molecule has 0 aromatic heterocycles. The molecule has 0 saturated heterocycles. The van der Waals surface area contributed by atoms with Gasteiger partial charge in [0.05, 0.1) is 13.0 Å². The summed E-state index contributed by atoms with van der Waals surface area (Å²) in [6.45, 7) is 4.18. The summed E-state index contributed by atoms with van der Waals surface area (Å²) in [5, 5.41) is 0. The molecule has 3 nitrogen and oxygen atoms in total. The third-order valence-corrected chi connectivity index (χ3v) is 2.28. The van der Waals surface area contributed by atoms with Gasteiger partial charge in [0, 0.05) is 6.04 Å². The molecule has 1 aromatic carbocycles. The maximum absolute atomic E-state index is 11.2. The van der Waals surface area contributed by atoms with Crippen LogP contribution in [0, 0.1) is 6.92 Å². The molecule has 0 aliphatic rings. The van der Waals surface area contributed by atoms with Crippen LogP contribution < -0.4 is 5.73 Å². The van der Waals surface area contributed by atoms with Crippen molar-refractivity contribution in [3.8, 4) is 0 Å². The lowest BCUT2D eigenvalue weighted by Gasteiger charge is -2.13. The molecular formula is C12H17NO2. The van der Waals surface area contributed by atoms with Crippen molar-refractivity contribution in [1.29, 1.82) is 0 Å². The van der Waals surface area contributed by atoms with Gasteiger partial charge in [0.15, 0.2) is 0 Å². The van der Waals surface area contributed by atoms with Gasteiger partial charge in [-0.05, 0) is 25.0 Å². The van der Waals surface area contributed by atoms with Crippen LogP contribution >= 0.6 is 0 Å². The summed E-state index contributed by atoms with van der Waals surface area (Å²) in [6.07, 6.45) is 0.235. The van der Waals surface area contributed by atoms with Crippen molar-refractivity contribution < 1.29 is 9.53 Å². The highest BCUT2D eigenvalue weighted by Crippen LogP contribution is 2.18. The number of rotatable bonds is 4.